The standard InChI is InChI=1S/C21H21NO5/c1-2-27-19(24)15(12-14-8-4-3-5-9-14)18(23)13-21(26)16-10-6-7-11-17(16)22-20(21)25/h3-11,15,26H,2,12-13H2,1H3,(H,22,25). The van der Waals surface area contributed by atoms with Gasteiger partial charge in [-0.2, -0.15) is 0 Å². The fraction of sp³-hybridized carbons (Fsp3) is 0.286. The highest BCUT2D eigenvalue weighted by Crippen LogP contribution is 2.39. The van der Waals surface area contributed by atoms with Crippen molar-refractivity contribution in [2.45, 2.75) is 25.4 Å². The first-order chi connectivity index (χ1) is 13.0. The maximum Gasteiger partial charge on any atom is 0.316 e. The van der Waals surface area contributed by atoms with Gasteiger partial charge in [-0.1, -0.05) is 48.5 Å². The lowest BCUT2D eigenvalue weighted by Gasteiger charge is -2.23. The third-order valence-corrected chi connectivity index (χ3v) is 4.67. The van der Waals surface area contributed by atoms with Crippen LogP contribution in [0, 0.1) is 5.92 Å². The summed E-state index contributed by atoms with van der Waals surface area (Å²) in [5, 5.41) is 13.5. The zero-order valence-electron chi connectivity index (χ0n) is 15.0. The van der Waals surface area contributed by atoms with Gasteiger partial charge in [0.2, 0.25) is 0 Å². The fourth-order valence-corrected chi connectivity index (χ4v) is 3.27. The number of ketones is 1. The first-order valence-corrected chi connectivity index (χ1v) is 8.82. The number of hydrogen-bond acceptors (Lipinski definition) is 5. The van der Waals surface area contributed by atoms with Crippen molar-refractivity contribution in [3.8, 4) is 0 Å². The van der Waals surface area contributed by atoms with Gasteiger partial charge in [0.1, 0.15) is 5.92 Å². The molecule has 0 radical (unpaired) electrons. The summed E-state index contributed by atoms with van der Waals surface area (Å²) in [4.78, 5) is 37.6. The number of para-hydroxylation sites is 1. The van der Waals surface area contributed by atoms with Crippen molar-refractivity contribution in [1.82, 2.24) is 0 Å². The van der Waals surface area contributed by atoms with Gasteiger partial charge in [0.05, 0.1) is 6.61 Å². The Balaban J connectivity index is 1.86. The summed E-state index contributed by atoms with van der Waals surface area (Å²) in [6.45, 7) is 1.81. The lowest BCUT2D eigenvalue weighted by atomic mass is 9.84. The lowest BCUT2D eigenvalue weighted by molar-refractivity contribution is -0.154. The van der Waals surface area contributed by atoms with Gasteiger partial charge >= 0.3 is 5.97 Å². The summed E-state index contributed by atoms with van der Waals surface area (Å²) < 4.78 is 5.05. The molecule has 3 rings (SSSR count). The maximum atomic E-state index is 12.9. The molecule has 1 heterocycles. The second kappa shape index (κ2) is 7.72. The number of nitrogens with one attached hydrogen (secondary N) is 1. The predicted octanol–water partition coefficient (Wildman–Crippen LogP) is 2.21. The van der Waals surface area contributed by atoms with Crippen molar-refractivity contribution in [1.29, 1.82) is 0 Å². The largest absolute Gasteiger partial charge is 0.465 e. The minimum Gasteiger partial charge on any atom is -0.465 e. The number of rotatable bonds is 7. The number of carbonyl (C=O) groups is 3. The molecule has 27 heavy (non-hydrogen) atoms. The number of amides is 1. The van der Waals surface area contributed by atoms with Crippen molar-refractivity contribution in [3.63, 3.8) is 0 Å². The Bertz CT molecular complexity index is 864. The van der Waals surface area contributed by atoms with E-state index in [4.69, 9.17) is 4.74 Å². The first-order valence-electron chi connectivity index (χ1n) is 8.82. The van der Waals surface area contributed by atoms with E-state index in [-0.39, 0.29) is 13.0 Å². The van der Waals surface area contributed by atoms with E-state index < -0.39 is 35.6 Å². The highest BCUT2D eigenvalue weighted by atomic mass is 16.5. The molecule has 2 atom stereocenters. The third kappa shape index (κ3) is 3.75. The van der Waals surface area contributed by atoms with E-state index in [1.807, 2.05) is 30.3 Å². The Kier molecular flexibility index (Phi) is 5.37. The van der Waals surface area contributed by atoms with Gasteiger partial charge in [-0.15, -0.1) is 0 Å². The lowest BCUT2D eigenvalue weighted by Crippen LogP contribution is -2.40. The average Bonchev–Trinajstić information content (AvgIpc) is 2.91. The van der Waals surface area contributed by atoms with Crippen LogP contribution in [0.4, 0.5) is 5.69 Å². The normalized spacial score (nSPS) is 19.1. The number of aliphatic hydroxyl groups is 1. The van der Waals surface area contributed by atoms with Gasteiger partial charge in [-0.05, 0) is 25.0 Å². The molecular weight excluding hydrogens is 346 g/mol. The Morgan fingerprint density at radius 2 is 1.78 bits per heavy atom. The highest BCUT2D eigenvalue weighted by molar-refractivity contribution is 6.09. The van der Waals surface area contributed by atoms with E-state index in [1.54, 1.807) is 31.2 Å². The van der Waals surface area contributed by atoms with E-state index in [0.29, 0.717) is 11.3 Å². The van der Waals surface area contributed by atoms with E-state index in [1.165, 1.54) is 0 Å². The van der Waals surface area contributed by atoms with Crippen LogP contribution in [0.25, 0.3) is 0 Å². The van der Waals surface area contributed by atoms with Gasteiger partial charge in [0, 0.05) is 17.7 Å². The Morgan fingerprint density at radius 3 is 2.48 bits per heavy atom. The number of benzene rings is 2. The molecule has 0 bridgehead atoms. The summed E-state index contributed by atoms with van der Waals surface area (Å²) >= 11 is 0. The topological polar surface area (TPSA) is 92.7 Å². The summed E-state index contributed by atoms with van der Waals surface area (Å²) in [7, 11) is 0. The van der Waals surface area contributed by atoms with Crippen molar-refractivity contribution in [2.24, 2.45) is 5.92 Å². The van der Waals surface area contributed by atoms with Gasteiger partial charge in [0.25, 0.3) is 5.91 Å². The van der Waals surface area contributed by atoms with Gasteiger partial charge < -0.3 is 15.2 Å². The number of hydrogen-bond donors (Lipinski definition) is 2. The van der Waals surface area contributed by atoms with Crippen molar-refractivity contribution in [2.75, 3.05) is 11.9 Å². The van der Waals surface area contributed by atoms with E-state index in [2.05, 4.69) is 5.32 Å². The molecule has 0 fully saturated rings. The summed E-state index contributed by atoms with van der Waals surface area (Å²) in [5.41, 5.74) is -0.388. The molecular formula is C21H21NO5. The molecule has 0 aliphatic carbocycles. The molecule has 2 unspecified atom stereocenters. The number of esters is 1. The summed E-state index contributed by atoms with van der Waals surface area (Å²) in [6.07, 6.45) is -0.343. The van der Waals surface area contributed by atoms with Gasteiger partial charge in [0.15, 0.2) is 11.4 Å². The molecule has 140 valence electrons. The second-order valence-corrected chi connectivity index (χ2v) is 6.50. The monoisotopic (exact) mass is 367 g/mol. The Hall–Kier alpha value is -2.99. The molecule has 1 aliphatic rings. The maximum absolute atomic E-state index is 12.9. The molecule has 6 nitrogen and oxygen atoms in total. The molecule has 2 aromatic carbocycles. The number of anilines is 1. The van der Waals surface area contributed by atoms with Crippen LogP contribution in [0.15, 0.2) is 54.6 Å². The molecule has 2 N–H and O–H groups in total. The second-order valence-electron chi connectivity index (χ2n) is 6.50. The Labute approximate surface area is 157 Å². The molecule has 1 amide bonds. The van der Waals surface area contributed by atoms with Crippen molar-refractivity contribution < 1.29 is 24.2 Å². The predicted molar refractivity (Wildman–Crippen MR) is 98.9 cm³/mol. The van der Waals surface area contributed by atoms with Crippen LogP contribution < -0.4 is 5.32 Å². The molecule has 0 saturated heterocycles. The average molecular weight is 367 g/mol. The minimum absolute atomic E-state index is 0.144. The first kappa shape index (κ1) is 18.8. The zero-order chi connectivity index (χ0) is 19.4. The quantitative estimate of drug-likeness (QED) is 0.578. The van der Waals surface area contributed by atoms with Crippen LogP contribution in [-0.2, 0) is 31.1 Å². The molecule has 0 spiro atoms. The number of Topliss-reactive ketones (excluding diaryl/α,β-unsaturated/α-hetero) is 1. The zero-order valence-corrected chi connectivity index (χ0v) is 15.0. The summed E-state index contributed by atoms with van der Waals surface area (Å²) in [6, 6.07) is 15.8. The van der Waals surface area contributed by atoms with Gasteiger partial charge in [-0.3, -0.25) is 14.4 Å². The molecule has 2 aromatic rings. The van der Waals surface area contributed by atoms with Crippen molar-refractivity contribution >= 4 is 23.3 Å². The highest BCUT2D eigenvalue weighted by Gasteiger charge is 2.48. The van der Waals surface area contributed by atoms with E-state index in [0.717, 1.165) is 5.56 Å². The van der Waals surface area contributed by atoms with Crippen LogP contribution in [0.1, 0.15) is 24.5 Å². The van der Waals surface area contributed by atoms with E-state index in [9.17, 15) is 19.5 Å². The number of fused-ring (bicyclic) bond motifs is 1. The van der Waals surface area contributed by atoms with Crippen LogP contribution in [-0.4, -0.2) is 29.4 Å². The van der Waals surface area contributed by atoms with Crippen LogP contribution in [0.3, 0.4) is 0 Å². The smallest absolute Gasteiger partial charge is 0.316 e. The minimum atomic E-state index is -1.99. The molecule has 0 saturated carbocycles. The Morgan fingerprint density at radius 1 is 1.11 bits per heavy atom. The molecule has 0 aromatic heterocycles. The van der Waals surface area contributed by atoms with Crippen LogP contribution >= 0.6 is 0 Å². The third-order valence-electron chi connectivity index (χ3n) is 4.67. The number of carbonyl (C=O) groups excluding carboxylic acids is 3. The fourth-order valence-electron chi connectivity index (χ4n) is 3.27. The molecule has 6 heteroatoms. The summed E-state index contributed by atoms with van der Waals surface area (Å²) in [5.74, 6) is -2.94. The van der Waals surface area contributed by atoms with Crippen LogP contribution in [0.5, 0.6) is 0 Å². The number of ether oxygens (including phenoxy) is 1. The van der Waals surface area contributed by atoms with Crippen molar-refractivity contribution in [3.05, 3.63) is 65.7 Å². The van der Waals surface area contributed by atoms with Gasteiger partial charge in [-0.25, -0.2) is 0 Å². The SMILES string of the molecule is CCOC(=O)C(Cc1ccccc1)C(=O)CC1(O)C(=O)Nc2ccccc21. The molecule has 1 aliphatic heterocycles. The van der Waals surface area contributed by atoms with Crippen LogP contribution in [0.2, 0.25) is 0 Å². The van der Waals surface area contributed by atoms with E-state index >= 15 is 0 Å².